The van der Waals surface area contributed by atoms with Crippen LogP contribution in [0.3, 0.4) is 0 Å². The van der Waals surface area contributed by atoms with Gasteiger partial charge in [0.25, 0.3) is 5.91 Å². The normalized spacial score (nSPS) is 15.4. The van der Waals surface area contributed by atoms with Crippen LogP contribution in [0.25, 0.3) is 6.08 Å². The highest BCUT2D eigenvalue weighted by Crippen LogP contribution is 2.31. The summed E-state index contributed by atoms with van der Waals surface area (Å²) in [5, 5.41) is 12.3. The summed E-state index contributed by atoms with van der Waals surface area (Å²) in [5.41, 5.74) is 2.53. The zero-order chi connectivity index (χ0) is 23.9. The lowest BCUT2D eigenvalue weighted by atomic mass is 10.1. The van der Waals surface area contributed by atoms with E-state index >= 15 is 0 Å². The summed E-state index contributed by atoms with van der Waals surface area (Å²) >= 11 is 1.26. The molecule has 1 fully saturated rings. The fourth-order valence-corrected chi connectivity index (χ4v) is 3.99. The lowest BCUT2D eigenvalue weighted by Gasteiger charge is -2.10. The van der Waals surface area contributed by atoms with Crippen LogP contribution >= 0.6 is 11.8 Å². The van der Waals surface area contributed by atoms with E-state index in [-0.39, 0.29) is 18.1 Å². The molecule has 0 bridgehead atoms. The molecule has 0 unspecified atom stereocenters. The lowest BCUT2D eigenvalue weighted by molar-refractivity contribution is -0.115. The Balaban J connectivity index is 1.46. The van der Waals surface area contributed by atoms with Gasteiger partial charge in [0.2, 0.25) is 0 Å². The number of aliphatic imine (C=N–C) groups is 1. The molecule has 0 atom stereocenters. The first-order chi connectivity index (χ1) is 16.5. The topological polar surface area (TPSA) is 97.2 Å². The molecular formula is C26H22N2O5S. The molecule has 3 aromatic carbocycles. The minimum atomic E-state index is -0.970. The Morgan fingerprint density at radius 2 is 1.76 bits per heavy atom. The number of rotatable bonds is 8. The molecule has 0 spiro atoms. The summed E-state index contributed by atoms with van der Waals surface area (Å²) in [4.78, 5) is 28.5. The Hall–Kier alpha value is -4.04. The quantitative estimate of drug-likeness (QED) is 0.433. The van der Waals surface area contributed by atoms with Crippen LogP contribution in [0.4, 0.5) is 5.69 Å². The highest BCUT2D eigenvalue weighted by molar-refractivity contribution is 8.18. The summed E-state index contributed by atoms with van der Waals surface area (Å²) in [5.74, 6) is 0.183. The van der Waals surface area contributed by atoms with Crippen molar-refractivity contribution < 1.29 is 24.2 Å². The fraction of sp³-hybridized carbons (Fsp3) is 0.115. The minimum absolute atomic E-state index is 0.223. The van der Waals surface area contributed by atoms with E-state index in [0.29, 0.717) is 28.1 Å². The molecule has 0 aromatic heterocycles. The molecule has 34 heavy (non-hydrogen) atoms. The lowest BCUT2D eigenvalue weighted by Crippen LogP contribution is -2.19. The van der Waals surface area contributed by atoms with Gasteiger partial charge in [-0.25, -0.2) is 9.79 Å². The number of thioether (sulfide) groups is 1. The SMILES string of the molecule is CCOc1ccc(N=C2NC(=O)/C(=C\c3ccccc3OCc3ccc(C(=O)O)cc3)S2)cc1. The van der Waals surface area contributed by atoms with Crippen molar-refractivity contribution in [1.29, 1.82) is 0 Å². The van der Waals surface area contributed by atoms with Crippen molar-refractivity contribution >= 4 is 40.6 Å². The van der Waals surface area contributed by atoms with Gasteiger partial charge in [-0.05, 0) is 72.8 Å². The van der Waals surface area contributed by atoms with Crippen molar-refractivity contribution in [2.75, 3.05) is 6.61 Å². The van der Waals surface area contributed by atoms with Crippen molar-refractivity contribution in [3.05, 3.63) is 94.4 Å². The van der Waals surface area contributed by atoms with Crippen molar-refractivity contribution in [2.45, 2.75) is 13.5 Å². The smallest absolute Gasteiger partial charge is 0.335 e. The first kappa shape index (κ1) is 23.1. The van der Waals surface area contributed by atoms with E-state index in [0.717, 1.165) is 16.9 Å². The number of carboxylic acid groups (broad SMARTS) is 1. The Bertz CT molecular complexity index is 1250. The number of aromatic carboxylic acids is 1. The summed E-state index contributed by atoms with van der Waals surface area (Å²) in [6.45, 7) is 2.79. The predicted molar refractivity (Wildman–Crippen MR) is 133 cm³/mol. The van der Waals surface area contributed by atoms with Gasteiger partial charge in [0.1, 0.15) is 18.1 Å². The monoisotopic (exact) mass is 474 g/mol. The van der Waals surface area contributed by atoms with Crippen molar-refractivity contribution in [2.24, 2.45) is 4.99 Å². The molecule has 8 heteroatoms. The van der Waals surface area contributed by atoms with Crippen LogP contribution in [-0.4, -0.2) is 28.8 Å². The highest BCUT2D eigenvalue weighted by atomic mass is 32.2. The van der Waals surface area contributed by atoms with Crippen LogP contribution in [0.15, 0.2) is 82.7 Å². The molecule has 0 radical (unpaired) electrons. The third kappa shape index (κ3) is 5.85. The predicted octanol–water partition coefficient (Wildman–Crippen LogP) is 5.25. The van der Waals surface area contributed by atoms with Gasteiger partial charge < -0.3 is 19.9 Å². The zero-order valence-electron chi connectivity index (χ0n) is 18.4. The average molecular weight is 475 g/mol. The van der Waals surface area contributed by atoms with Crippen LogP contribution in [-0.2, 0) is 11.4 Å². The summed E-state index contributed by atoms with van der Waals surface area (Å²) in [6.07, 6.45) is 1.77. The highest BCUT2D eigenvalue weighted by Gasteiger charge is 2.24. The number of carbonyl (C=O) groups excluding carboxylic acids is 1. The molecule has 1 aliphatic rings. The van der Waals surface area contributed by atoms with E-state index in [9.17, 15) is 9.59 Å². The standard InChI is InChI=1S/C26H22N2O5S/c1-2-32-21-13-11-20(12-14-21)27-26-28-24(29)23(34-26)15-19-5-3-4-6-22(19)33-16-17-7-9-18(10-8-17)25(30)31/h3-15H,2,16H2,1H3,(H,30,31)(H,27,28,29)/b23-15+. The second-order valence-corrected chi connectivity index (χ2v) is 8.27. The Morgan fingerprint density at radius 1 is 1.03 bits per heavy atom. The van der Waals surface area contributed by atoms with Crippen molar-refractivity contribution in [3.8, 4) is 11.5 Å². The van der Waals surface area contributed by atoms with E-state index in [1.54, 1.807) is 30.3 Å². The van der Waals surface area contributed by atoms with Gasteiger partial charge in [-0.1, -0.05) is 30.3 Å². The third-order valence-electron chi connectivity index (χ3n) is 4.83. The Labute approximate surface area is 201 Å². The number of amides is 1. The molecule has 1 saturated heterocycles. The minimum Gasteiger partial charge on any atom is -0.494 e. The maximum atomic E-state index is 12.5. The van der Waals surface area contributed by atoms with Gasteiger partial charge >= 0.3 is 5.97 Å². The number of nitrogens with one attached hydrogen (secondary N) is 1. The van der Waals surface area contributed by atoms with E-state index in [2.05, 4.69) is 10.3 Å². The molecule has 4 rings (SSSR count). The molecule has 0 saturated carbocycles. The zero-order valence-corrected chi connectivity index (χ0v) is 19.2. The average Bonchev–Trinajstić information content (AvgIpc) is 3.18. The molecule has 7 nitrogen and oxygen atoms in total. The third-order valence-corrected chi connectivity index (χ3v) is 5.74. The number of benzene rings is 3. The van der Waals surface area contributed by atoms with E-state index in [1.165, 1.54) is 11.8 Å². The maximum absolute atomic E-state index is 12.5. The number of ether oxygens (including phenoxy) is 2. The van der Waals surface area contributed by atoms with Gasteiger partial charge in [0.05, 0.1) is 22.8 Å². The molecule has 1 aliphatic heterocycles. The van der Waals surface area contributed by atoms with E-state index < -0.39 is 5.97 Å². The molecule has 1 amide bonds. The van der Waals surface area contributed by atoms with Gasteiger partial charge in [0, 0.05) is 5.56 Å². The fourth-order valence-electron chi connectivity index (χ4n) is 3.16. The van der Waals surface area contributed by atoms with Gasteiger partial charge in [-0.15, -0.1) is 0 Å². The number of para-hydroxylation sites is 1. The summed E-state index contributed by atoms with van der Waals surface area (Å²) in [7, 11) is 0. The van der Waals surface area contributed by atoms with Crippen molar-refractivity contribution in [3.63, 3.8) is 0 Å². The van der Waals surface area contributed by atoms with Gasteiger partial charge in [-0.2, -0.15) is 0 Å². The first-order valence-electron chi connectivity index (χ1n) is 10.6. The van der Waals surface area contributed by atoms with Crippen LogP contribution < -0.4 is 14.8 Å². The first-order valence-corrected chi connectivity index (χ1v) is 11.4. The molecule has 1 heterocycles. The summed E-state index contributed by atoms with van der Waals surface area (Å²) < 4.78 is 11.4. The maximum Gasteiger partial charge on any atom is 0.335 e. The number of hydrogen-bond acceptors (Lipinski definition) is 6. The number of carbonyl (C=O) groups is 2. The van der Waals surface area contributed by atoms with E-state index in [4.69, 9.17) is 14.6 Å². The van der Waals surface area contributed by atoms with Crippen LogP contribution in [0, 0.1) is 0 Å². The van der Waals surface area contributed by atoms with Gasteiger partial charge in [0.15, 0.2) is 5.17 Å². The van der Waals surface area contributed by atoms with E-state index in [1.807, 2.05) is 55.5 Å². The number of nitrogens with zero attached hydrogens (tertiary/aromatic N) is 1. The molecule has 0 aliphatic carbocycles. The molecular weight excluding hydrogens is 452 g/mol. The van der Waals surface area contributed by atoms with Crippen LogP contribution in [0.5, 0.6) is 11.5 Å². The molecule has 2 N–H and O–H groups in total. The van der Waals surface area contributed by atoms with Crippen LogP contribution in [0.2, 0.25) is 0 Å². The number of carboxylic acids is 1. The van der Waals surface area contributed by atoms with Crippen molar-refractivity contribution in [1.82, 2.24) is 5.32 Å². The second kappa shape index (κ2) is 10.7. The molecule has 3 aromatic rings. The second-order valence-electron chi connectivity index (χ2n) is 7.24. The van der Waals surface area contributed by atoms with Crippen LogP contribution in [0.1, 0.15) is 28.4 Å². The number of amidine groups is 1. The molecule has 172 valence electrons. The Kier molecular flexibility index (Phi) is 7.29. The summed E-state index contributed by atoms with van der Waals surface area (Å²) in [6, 6.07) is 21.3. The largest absolute Gasteiger partial charge is 0.494 e. The van der Waals surface area contributed by atoms with Gasteiger partial charge in [-0.3, -0.25) is 4.79 Å². The number of hydrogen-bond donors (Lipinski definition) is 2. The Morgan fingerprint density at radius 3 is 2.47 bits per heavy atom.